The van der Waals surface area contributed by atoms with Crippen molar-refractivity contribution >= 4 is 80.9 Å². The van der Waals surface area contributed by atoms with E-state index in [0.29, 0.717) is 0 Å². The quantitative estimate of drug-likeness (QED) is 0.218. The van der Waals surface area contributed by atoms with Crippen molar-refractivity contribution in [3.05, 3.63) is 140 Å². The molecule has 0 aliphatic carbocycles. The van der Waals surface area contributed by atoms with E-state index in [4.69, 9.17) is 0 Å². The van der Waals surface area contributed by atoms with E-state index < -0.39 is 0 Å². The summed E-state index contributed by atoms with van der Waals surface area (Å²) in [6.45, 7) is 0. The normalized spacial score (nSPS) is 11.7. The molecule has 1 aromatic heterocycles. The fourth-order valence-electron chi connectivity index (χ4n) is 5.91. The summed E-state index contributed by atoms with van der Waals surface area (Å²) in [6.07, 6.45) is 0. The SMILES string of the molecule is c1ccc(N(c2ccc3ccccc3c2)c2cccc3c2sc2c4ccccc4c4ccccc4c32)cc1. The minimum absolute atomic E-state index is 1.16. The highest BCUT2D eigenvalue weighted by molar-refractivity contribution is 7.27. The summed E-state index contributed by atoms with van der Waals surface area (Å²) in [4.78, 5) is 2.41. The Labute approximate surface area is 224 Å². The van der Waals surface area contributed by atoms with Crippen molar-refractivity contribution < 1.29 is 0 Å². The first kappa shape index (κ1) is 21.4. The van der Waals surface area contributed by atoms with Crippen molar-refractivity contribution in [2.75, 3.05) is 4.90 Å². The first-order valence-corrected chi connectivity index (χ1v) is 13.8. The fraction of sp³-hybridized carbons (Fsp3) is 0. The Kier molecular flexibility index (Phi) is 4.76. The van der Waals surface area contributed by atoms with Gasteiger partial charge in [-0.1, -0.05) is 109 Å². The predicted octanol–water partition coefficient (Wildman–Crippen LogP) is 11.0. The molecular weight excluding hydrogens is 478 g/mol. The van der Waals surface area contributed by atoms with Gasteiger partial charge in [-0.2, -0.15) is 0 Å². The molecule has 0 amide bonds. The average molecular weight is 502 g/mol. The highest BCUT2D eigenvalue weighted by Crippen LogP contribution is 2.49. The molecule has 0 aliphatic rings. The van der Waals surface area contributed by atoms with Crippen molar-refractivity contribution in [2.45, 2.75) is 0 Å². The molecule has 1 nitrogen and oxygen atoms in total. The average Bonchev–Trinajstić information content (AvgIpc) is 3.39. The first-order chi connectivity index (χ1) is 18.9. The van der Waals surface area contributed by atoms with E-state index in [1.807, 2.05) is 11.3 Å². The minimum Gasteiger partial charge on any atom is -0.309 e. The summed E-state index contributed by atoms with van der Waals surface area (Å²) in [5, 5.41) is 10.4. The molecule has 0 bridgehead atoms. The van der Waals surface area contributed by atoms with Crippen molar-refractivity contribution in [1.29, 1.82) is 0 Å². The van der Waals surface area contributed by atoms with E-state index in [9.17, 15) is 0 Å². The van der Waals surface area contributed by atoms with Gasteiger partial charge in [0.1, 0.15) is 0 Å². The highest BCUT2D eigenvalue weighted by Gasteiger charge is 2.20. The highest BCUT2D eigenvalue weighted by atomic mass is 32.1. The lowest BCUT2D eigenvalue weighted by Gasteiger charge is -2.26. The Morgan fingerprint density at radius 3 is 1.84 bits per heavy atom. The zero-order chi connectivity index (χ0) is 25.1. The number of thiophene rings is 1. The van der Waals surface area contributed by atoms with Gasteiger partial charge < -0.3 is 4.90 Å². The lowest BCUT2D eigenvalue weighted by molar-refractivity contribution is 1.31. The molecule has 38 heavy (non-hydrogen) atoms. The second-order valence-corrected chi connectivity index (χ2v) is 10.8. The lowest BCUT2D eigenvalue weighted by atomic mass is 9.97. The second kappa shape index (κ2) is 8.44. The number of rotatable bonds is 3. The van der Waals surface area contributed by atoms with Crippen LogP contribution in [-0.4, -0.2) is 0 Å². The molecule has 0 unspecified atom stereocenters. The van der Waals surface area contributed by atoms with Gasteiger partial charge in [0.25, 0.3) is 0 Å². The summed E-state index contributed by atoms with van der Waals surface area (Å²) in [6, 6.07) is 50.6. The molecule has 178 valence electrons. The van der Waals surface area contributed by atoms with E-state index in [1.54, 1.807) is 0 Å². The van der Waals surface area contributed by atoms with Gasteiger partial charge in [0.05, 0.1) is 10.4 Å². The monoisotopic (exact) mass is 501 g/mol. The minimum atomic E-state index is 1.16. The summed E-state index contributed by atoms with van der Waals surface area (Å²) in [5.74, 6) is 0. The third kappa shape index (κ3) is 3.17. The summed E-state index contributed by atoms with van der Waals surface area (Å²) < 4.78 is 2.66. The maximum Gasteiger partial charge on any atom is 0.0640 e. The Morgan fingerprint density at radius 2 is 1.03 bits per heavy atom. The van der Waals surface area contributed by atoms with E-state index in [-0.39, 0.29) is 0 Å². The van der Waals surface area contributed by atoms with Crippen molar-refractivity contribution in [1.82, 2.24) is 0 Å². The van der Waals surface area contributed by atoms with Crippen LogP contribution in [0.1, 0.15) is 0 Å². The third-order valence-electron chi connectivity index (χ3n) is 7.60. The molecule has 0 saturated heterocycles. The van der Waals surface area contributed by atoms with Crippen LogP contribution in [0, 0.1) is 0 Å². The zero-order valence-electron chi connectivity index (χ0n) is 20.6. The predicted molar refractivity (Wildman–Crippen MR) is 167 cm³/mol. The Morgan fingerprint density at radius 1 is 0.395 bits per heavy atom. The smallest absolute Gasteiger partial charge is 0.0640 e. The fourth-order valence-corrected chi connectivity index (χ4v) is 7.27. The van der Waals surface area contributed by atoms with Gasteiger partial charge >= 0.3 is 0 Å². The maximum atomic E-state index is 2.41. The first-order valence-electron chi connectivity index (χ1n) is 13.0. The van der Waals surface area contributed by atoms with Crippen LogP contribution in [0.4, 0.5) is 17.1 Å². The van der Waals surface area contributed by atoms with E-state index in [1.165, 1.54) is 58.2 Å². The van der Waals surface area contributed by atoms with Crippen LogP contribution >= 0.6 is 11.3 Å². The van der Waals surface area contributed by atoms with E-state index in [2.05, 4.69) is 144 Å². The number of anilines is 3. The van der Waals surface area contributed by atoms with E-state index in [0.717, 1.165) is 11.4 Å². The summed E-state index contributed by atoms with van der Waals surface area (Å²) >= 11 is 1.91. The van der Waals surface area contributed by atoms with Gasteiger partial charge in [-0.15, -0.1) is 11.3 Å². The summed E-state index contributed by atoms with van der Waals surface area (Å²) in [7, 11) is 0. The van der Waals surface area contributed by atoms with Gasteiger partial charge in [0.15, 0.2) is 0 Å². The van der Waals surface area contributed by atoms with Gasteiger partial charge in [0, 0.05) is 32.2 Å². The van der Waals surface area contributed by atoms with E-state index >= 15 is 0 Å². The molecule has 0 radical (unpaired) electrons. The Hall–Kier alpha value is -4.66. The standard InChI is InChI=1S/C36H23NS/c1-2-13-26(14-3-1)37(27-22-21-24-11-4-5-12-25(24)23-27)33-20-10-19-32-34-30-17-8-6-15-28(30)29-16-7-9-18-31(29)36(34)38-35(32)33/h1-23H. The maximum absolute atomic E-state index is 2.41. The van der Waals surface area contributed by atoms with Crippen LogP contribution in [0.25, 0.3) is 52.5 Å². The molecule has 0 aliphatic heterocycles. The molecule has 0 N–H and O–H groups in total. The van der Waals surface area contributed by atoms with Crippen LogP contribution in [0.15, 0.2) is 140 Å². The lowest BCUT2D eigenvalue weighted by Crippen LogP contribution is -2.09. The van der Waals surface area contributed by atoms with Crippen LogP contribution in [-0.2, 0) is 0 Å². The zero-order valence-corrected chi connectivity index (χ0v) is 21.5. The molecular formula is C36H23NS. The third-order valence-corrected chi connectivity index (χ3v) is 8.86. The van der Waals surface area contributed by atoms with Crippen LogP contribution < -0.4 is 4.90 Å². The Balaban J connectivity index is 1.49. The van der Waals surface area contributed by atoms with Gasteiger partial charge in [-0.05, 0) is 57.3 Å². The Bertz CT molecular complexity index is 2140. The van der Waals surface area contributed by atoms with Gasteiger partial charge in [-0.25, -0.2) is 0 Å². The molecule has 0 saturated carbocycles. The van der Waals surface area contributed by atoms with Crippen molar-refractivity contribution in [3.8, 4) is 0 Å². The largest absolute Gasteiger partial charge is 0.309 e. The number of benzene rings is 7. The topological polar surface area (TPSA) is 3.24 Å². The van der Waals surface area contributed by atoms with Gasteiger partial charge in [0.2, 0.25) is 0 Å². The number of fused-ring (bicyclic) bond motifs is 9. The molecule has 0 spiro atoms. The molecule has 0 fully saturated rings. The molecule has 2 heteroatoms. The molecule has 8 rings (SSSR count). The molecule has 7 aromatic carbocycles. The molecule has 8 aromatic rings. The molecule has 0 atom stereocenters. The van der Waals surface area contributed by atoms with Crippen molar-refractivity contribution in [2.24, 2.45) is 0 Å². The number of hydrogen-bond donors (Lipinski definition) is 0. The number of para-hydroxylation sites is 1. The van der Waals surface area contributed by atoms with Crippen molar-refractivity contribution in [3.63, 3.8) is 0 Å². The van der Waals surface area contributed by atoms with Crippen LogP contribution in [0.3, 0.4) is 0 Å². The second-order valence-electron chi connectivity index (χ2n) is 9.75. The molecule has 1 heterocycles. The number of hydrogen-bond acceptors (Lipinski definition) is 2. The number of nitrogens with zero attached hydrogens (tertiary/aromatic N) is 1. The summed E-state index contributed by atoms with van der Waals surface area (Å²) in [5.41, 5.74) is 3.52. The van der Waals surface area contributed by atoms with Crippen LogP contribution in [0.2, 0.25) is 0 Å². The van der Waals surface area contributed by atoms with Gasteiger partial charge in [-0.3, -0.25) is 0 Å². The van der Waals surface area contributed by atoms with Crippen LogP contribution in [0.5, 0.6) is 0 Å².